The summed E-state index contributed by atoms with van der Waals surface area (Å²) in [7, 11) is -1.17. The lowest BCUT2D eigenvalue weighted by Gasteiger charge is -2.17. The van der Waals surface area contributed by atoms with Gasteiger partial charge in [-0.1, -0.05) is 36.4 Å². The molecule has 28 heavy (non-hydrogen) atoms. The van der Waals surface area contributed by atoms with Crippen molar-refractivity contribution < 1.29 is 8.95 Å². The van der Waals surface area contributed by atoms with Crippen LogP contribution in [-0.2, 0) is 30.4 Å². The second kappa shape index (κ2) is 7.82. The highest BCUT2D eigenvalue weighted by Crippen LogP contribution is 2.39. The summed E-state index contributed by atoms with van der Waals surface area (Å²) >= 11 is 0. The molecule has 2 bridgehead atoms. The third-order valence-corrected chi connectivity index (χ3v) is 7.20. The number of ether oxygens (including phenoxy) is 1. The molecule has 2 aromatic carbocycles. The van der Waals surface area contributed by atoms with Crippen LogP contribution in [0.1, 0.15) is 50.3 Å². The van der Waals surface area contributed by atoms with Gasteiger partial charge < -0.3 is 4.74 Å². The number of benzene rings is 2. The minimum atomic E-state index is -1.17. The predicted octanol–water partition coefficient (Wildman–Crippen LogP) is 5.29. The first-order valence-corrected chi connectivity index (χ1v) is 11.3. The van der Waals surface area contributed by atoms with Crippen molar-refractivity contribution in [2.75, 3.05) is 0 Å². The molecular weight excluding hydrogens is 366 g/mol. The van der Waals surface area contributed by atoms with Crippen LogP contribution in [0.2, 0.25) is 0 Å². The summed E-state index contributed by atoms with van der Waals surface area (Å²) in [6.07, 6.45) is 4.30. The Hall–Kier alpha value is -1.94. The summed E-state index contributed by atoms with van der Waals surface area (Å²) in [4.78, 5) is 0. The molecule has 4 rings (SSSR count). The summed E-state index contributed by atoms with van der Waals surface area (Å²) in [5.41, 5.74) is 5.13. The van der Waals surface area contributed by atoms with E-state index in [-0.39, 0.29) is 4.75 Å². The van der Waals surface area contributed by atoms with Crippen LogP contribution in [0.25, 0.3) is 0 Å². The third kappa shape index (κ3) is 4.22. The van der Waals surface area contributed by atoms with Crippen LogP contribution in [0.5, 0.6) is 5.75 Å². The van der Waals surface area contributed by atoms with Crippen LogP contribution in [0.4, 0.5) is 0 Å². The Morgan fingerprint density at radius 3 is 2.36 bits per heavy atom. The molecule has 0 heterocycles. The quantitative estimate of drug-likeness (QED) is 0.705. The lowest BCUT2D eigenvalue weighted by molar-refractivity contribution is 0.305. The first-order chi connectivity index (χ1) is 13.4. The van der Waals surface area contributed by atoms with E-state index < -0.39 is 11.0 Å². The van der Waals surface area contributed by atoms with Gasteiger partial charge in [0, 0.05) is 17.5 Å². The van der Waals surface area contributed by atoms with E-state index in [1.54, 1.807) is 0 Å². The molecule has 148 valence electrons. The van der Waals surface area contributed by atoms with Gasteiger partial charge in [-0.3, -0.25) is 0 Å². The van der Waals surface area contributed by atoms with Gasteiger partial charge in [-0.05, 0) is 75.3 Å². The van der Waals surface area contributed by atoms with Gasteiger partial charge in [0.15, 0.2) is 0 Å². The van der Waals surface area contributed by atoms with Crippen molar-refractivity contribution in [3.63, 3.8) is 0 Å². The van der Waals surface area contributed by atoms with Crippen LogP contribution >= 0.6 is 0 Å². The highest BCUT2D eigenvalue weighted by atomic mass is 32.2. The molecule has 0 spiro atoms. The summed E-state index contributed by atoms with van der Waals surface area (Å²) in [5, 5.41) is 0. The number of rotatable bonds is 4. The van der Waals surface area contributed by atoms with Crippen molar-refractivity contribution in [1.29, 1.82) is 0 Å². The number of hydrogen-bond donors (Lipinski definition) is 0. The number of fused-ring (bicyclic) bond motifs is 3. The maximum atomic E-state index is 12.6. The molecule has 3 atom stereocenters. The van der Waals surface area contributed by atoms with Crippen molar-refractivity contribution in [3.8, 4) is 5.75 Å². The zero-order chi connectivity index (χ0) is 19.7. The average molecular weight is 396 g/mol. The fraction of sp³-hybridized carbons (Fsp3) is 0.458. The summed E-state index contributed by atoms with van der Waals surface area (Å²) in [6, 6.07) is 16.8. The van der Waals surface area contributed by atoms with Gasteiger partial charge >= 0.3 is 0 Å². The molecule has 2 aliphatic carbocycles. The second-order valence-corrected chi connectivity index (χ2v) is 10.9. The zero-order valence-corrected chi connectivity index (χ0v) is 17.8. The highest BCUT2D eigenvalue weighted by molar-refractivity contribution is 7.85. The molecule has 0 aromatic heterocycles. The summed E-state index contributed by atoms with van der Waals surface area (Å²) in [5.74, 6) is 1.78. The van der Waals surface area contributed by atoms with E-state index in [2.05, 4.69) is 30.3 Å². The molecule has 0 amide bonds. The Kier molecular flexibility index (Phi) is 5.42. The fourth-order valence-corrected chi connectivity index (χ4v) is 4.94. The third-order valence-electron chi connectivity index (χ3n) is 5.77. The minimum absolute atomic E-state index is 0.302. The van der Waals surface area contributed by atoms with E-state index in [0.29, 0.717) is 18.4 Å². The van der Waals surface area contributed by atoms with Crippen molar-refractivity contribution >= 4 is 16.7 Å². The fourth-order valence-electron chi connectivity index (χ4n) is 4.18. The number of nitrogens with zero attached hydrogens (tertiary/aromatic N) is 1. The van der Waals surface area contributed by atoms with Gasteiger partial charge in [0.2, 0.25) is 0 Å². The van der Waals surface area contributed by atoms with E-state index in [9.17, 15) is 4.21 Å². The molecule has 0 N–H and O–H groups in total. The largest absolute Gasteiger partial charge is 0.489 e. The van der Waals surface area contributed by atoms with E-state index in [0.717, 1.165) is 31.4 Å². The Bertz CT molecular complexity index is 899. The Balaban J connectivity index is 1.53. The molecule has 1 unspecified atom stereocenters. The molecule has 3 nitrogen and oxygen atoms in total. The van der Waals surface area contributed by atoms with Gasteiger partial charge in [0.25, 0.3) is 0 Å². The van der Waals surface area contributed by atoms with Crippen LogP contribution in [-0.4, -0.2) is 14.7 Å². The molecular formula is C24H29NO2S. The normalized spacial score (nSPS) is 23.9. The van der Waals surface area contributed by atoms with E-state index in [1.807, 2.05) is 39.0 Å². The molecule has 1 saturated carbocycles. The van der Waals surface area contributed by atoms with Gasteiger partial charge in [-0.2, -0.15) is 4.40 Å². The van der Waals surface area contributed by atoms with Crippen LogP contribution in [0, 0.1) is 11.8 Å². The van der Waals surface area contributed by atoms with E-state index in [4.69, 9.17) is 9.13 Å². The smallest absolute Gasteiger partial charge is 0.144 e. The topological polar surface area (TPSA) is 38.7 Å². The maximum absolute atomic E-state index is 12.6. The lowest BCUT2D eigenvalue weighted by Crippen LogP contribution is -2.24. The zero-order valence-electron chi connectivity index (χ0n) is 17.0. The molecule has 0 saturated heterocycles. The molecule has 1 fully saturated rings. The van der Waals surface area contributed by atoms with Crippen LogP contribution in [0.15, 0.2) is 52.9 Å². The molecule has 2 aromatic rings. The monoisotopic (exact) mass is 395 g/mol. The van der Waals surface area contributed by atoms with Crippen molar-refractivity contribution in [1.82, 2.24) is 0 Å². The van der Waals surface area contributed by atoms with Crippen molar-refractivity contribution in [2.45, 2.75) is 57.8 Å². The van der Waals surface area contributed by atoms with Gasteiger partial charge in [-0.15, -0.1) is 0 Å². The summed E-state index contributed by atoms with van der Waals surface area (Å²) in [6.45, 7) is 6.58. The standard InChI is InChI=1S/C24H29NO2S/c1-24(2,3)28(26)25-23-19-9-10-20(23)14-21-15-22(12-11-18(21)13-19)27-16-17-7-5-4-6-8-17/h4-8,11-12,15,19-20H,9-10,13-14,16H2,1-3H3/t19-,20+,28?/m0/s1. The van der Waals surface area contributed by atoms with Gasteiger partial charge in [0.05, 0.1) is 4.75 Å². The lowest BCUT2D eigenvalue weighted by atomic mass is 9.93. The van der Waals surface area contributed by atoms with E-state index >= 15 is 0 Å². The molecule has 0 aliphatic heterocycles. The summed E-state index contributed by atoms with van der Waals surface area (Å²) < 4.78 is 23.1. The average Bonchev–Trinajstić information content (AvgIpc) is 2.94. The van der Waals surface area contributed by atoms with E-state index in [1.165, 1.54) is 22.4 Å². The highest BCUT2D eigenvalue weighted by Gasteiger charge is 2.37. The second-order valence-electron chi connectivity index (χ2n) is 8.96. The first-order valence-electron chi connectivity index (χ1n) is 10.2. The van der Waals surface area contributed by atoms with Crippen LogP contribution in [0.3, 0.4) is 0 Å². The number of hydrogen-bond acceptors (Lipinski definition) is 2. The maximum Gasteiger partial charge on any atom is 0.144 e. The Morgan fingerprint density at radius 2 is 1.68 bits per heavy atom. The van der Waals surface area contributed by atoms with Gasteiger partial charge in [0.1, 0.15) is 23.3 Å². The predicted molar refractivity (Wildman–Crippen MR) is 116 cm³/mol. The molecule has 0 radical (unpaired) electrons. The van der Waals surface area contributed by atoms with Crippen molar-refractivity contribution in [3.05, 3.63) is 65.2 Å². The van der Waals surface area contributed by atoms with Gasteiger partial charge in [-0.25, -0.2) is 4.21 Å². The minimum Gasteiger partial charge on any atom is -0.489 e. The molecule has 2 aliphatic rings. The Labute approximate surface area is 170 Å². The SMILES string of the molecule is CC(C)(C)S(=O)N=C1[C@@H]2CC[C@H]1Cc1ccc(OCc3ccccc3)cc1C2. The van der Waals surface area contributed by atoms with Crippen molar-refractivity contribution in [2.24, 2.45) is 16.2 Å². The molecule has 4 heteroatoms. The first kappa shape index (κ1) is 19.4. The van der Waals surface area contributed by atoms with Crippen LogP contribution < -0.4 is 4.74 Å². The Morgan fingerprint density at radius 1 is 1.00 bits per heavy atom.